The molecule has 4 atom stereocenters. The molecule has 1 aliphatic carbocycles. The molecule has 0 amide bonds. The molecule has 3 unspecified atom stereocenters. The highest BCUT2D eigenvalue weighted by molar-refractivity contribution is 5.94. The van der Waals surface area contributed by atoms with Gasteiger partial charge in [0.2, 0.25) is 5.79 Å². The fraction of sp³-hybridized carbons (Fsp3) is 0.375. The predicted molar refractivity (Wildman–Crippen MR) is 109 cm³/mol. The standard InChI is InChI=1S/C24H28O4/c1-17-21(15-19-11-7-5-8-12-19)22(25)16-23(26-3)24(17,27-4)28-18(2)20-13-9-6-10-14-20/h5-14,16-18,21H,15H2,1-4H3/t17?,18-,21?,24?/m1/s1. The maximum atomic E-state index is 12.9. The third-order valence-electron chi connectivity index (χ3n) is 5.63. The van der Waals surface area contributed by atoms with Crippen molar-refractivity contribution in [3.63, 3.8) is 0 Å². The number of ketones is 1. The van der Waals surface area contributed by atoms with Gasteiger partial charge >= 0.3 is 0 Å². The van der Waals surface area contributed by atoms with Crippen LogP contribution in [-0.4, -0.2) is 25.8 Å². The SMILES string of the molecule is COC1=CC(=O)C(Cc2ccccc2)C(C)C1(OC)O[C@H](C)c1ccccc1. The summed E-state index contributed by atoms with van der Waals surface area (Å²) in [5.74, 6) is -1.16. The predicted octanol–water partition coefficient (Wildman–Crippen LogP) is 4.71. The number of hydrogen-bond acceptors (Lipinski definition) is 4. The number of carbonyl (C=O) groups excluding carboxylic acids is 1. The first kappa shape index (κ1) is 20.3. The Labute approximate surface area is 167 Å². The van der Waals surface area contributed by atoms with Crippen LogP contribution in [0.3, 0.4) is 0 Å². The van der Waals surface area contributed by atoms with E-state index in [2.05, 4.69) is 0 Å². The quantitative estimate of drug-likeness (QED) is 0.652. The van der Waals surface area contributed by atoms with E-state index in [0.717, 1.165) is 11.1 Å². The molecule has 4 heteroatoms. The van der Waals surface area contributed by atoms with Crippen molar-refractivity contribution in [3.05, 3.63) is 83.6 Å². The lowest BCUT2D eigenvalue weighted by molar-refractivity contribution is -0.273. The summed E-state index contributed by atoms with van der Waals surface area (Å²) < 4.78 is 18.0. The highest BCUT2D eigenvalue weighted by Crippen LogP contribution is 2.44. The second kappa shape index (κ2) is 8.72. The van der Waals surface area contributed by atoms with Gasteiger partial charge in [0, 0.05) is 25.0 Å². The molecule has 148 valence electrons. The lowest BCUT2D eigenvalue weighted by atomic mass is 9.75. The first-order valence-electron chi connectivity index (χ1n) is 9.63. The Morgan fingerprint density at radius 1 is 1.00 bits per heavy atom. The molecule has 28 heavy (non-hydrogen) atoms. The molecule has 2 aromatic rings. The van der Waals surface area contributed by atoms with E-state index in [1.165, 1.54) is 6.08 Å². The minimum absolute atomic E-state index is 0.0387. The minimum Gasteiger partial charge on any atom is -0.495 e. The number of carbonyl (C=O) groups is 1. The third-order valence-corrected chi connectivity index (χ3v) is 5.63. The van der Waals surface area contributed by atoms with Crippen LogP contribution in [0.2, 0.25) is 0 Å². The largest absolute Gasteiger partial charge is 0.495 e. The summed E-state index contributed by atoms with van der Waals surface area (Å²) in [5.41, 5.74) is 2.15. The Morgan fingerprint density at radius 2 is 1.61 bits per heavy atom. The van der Waals surface area contributed by atoms with Crippen molar-refractivity contribution < 1.29 is 19.0 Å². The van der Waals surface area contributed by atoms with Gasteiger partial charge in [0.1, 0.15) is 0 Å². The maximum Gasteiger partial charge on any atom is 0.231 e. The molecule has 4 nitrogen and oxygen atoms in total. The van der Waals surface area contributed by atoms with Crippen molar-refractivity contribution in [3.8, 4) is 0 Å². The third kappa shape index (κ3) is 3.89. The van der Waals surface area contributed by atoms with Crippen LogP contribution in [0.4, 0.5) is 0 Å². The molecule has 0 bridgehead atoms. The van der Waals surface area contributed by atoms with Crippen molar-refractivity contribution >= 4 is 5.78 Å². The average molecular weight is 380 g/mol. The van der Waals surface area contributed by atoms with Crippen molar-refractivity contribution in [2.24, 2.45) is 11.8 Å². The van der Waals surface area contributed by atoms with Gasteiger partial charge in [-0.3, -0.25) is 4.79 Å². The van der Waals surface area contributed by atoms with E-state index in [1.54, 1.807) is 14.2 Å². The average Bonchev–Trinajstić information content (AvgIpc) is 2.74. The van der Waals surface area contributed by atoms with Gasteiger partial charge in [-0.25, -0.2) is 0 Å². The summed E-state index contributed by atoms with van der Waals surface area (Å²) in [6, 6.07) is 20.0. The summed E-state index contributed by atoms with van der Waals surface area (Å²) in [6.07, 6.45) is 1.94. The Morgan fingerprint density at radius 3 is 2.18 bits per heavy atom. The van der Waals surface area contributed by atoms with Crippen LogP contribution in [0.15, 0.2) is 72.5 Å². The van der Waals surface area contributed by atoms with E-state index >= 15 is 0 Å². The monoisotopic (exact) mass is 380 g/mol. The van der Waals surface area contributed by atoms with Crippen LogP contribution in [0, 0.1) is 11.8 Å². The lowest BCUT2D eigenvalue weighted by Gasteiger charge is -2.45. The van der Waals surface area contributed by atoms with Crippen molar-refractivity contribution in [1.82, 2.24) is 0 Å². The molecular formula is C24H28O4. The van der Waals surface area contributed by atoms with Crippen LogP contribution in [0.25, 0.3) is 0 Å². The Balaban J connectivity index is 1.94. The van der Waals surface area contributed by atoms with Gasteiger partial charge in [0.05, 0.1) is 13.2 Å². The lowest BCUT2D eigenvalue weighted by Crippen LogP contribution is -2.52. The van der Waals surface area contributed by atoms with E-state index in [9.17, 15) is 4.79 Å². The van der Waals surface area contributed by atoms with Crippen LogP contribution in [0.1, 0.15) is 31.1 Å². The van der Waals surface area contributed by atoms with E-state index < -0.39 is 5.79 Å². The zero-order valence-corrected chi connectivity index (χ0v) is 16.9. The van der Waals surface area contributed by atoms with Crippen molar-refractivity contribution in [1.29, 1.82) is 0 Å². The summed E-state index contributed by atoms with van der Waals surface area (Å²) in [6.45, 7) is 3.98. The summed E-state index contributed by atoms with van der Waals surface area (Å²) in [7, 11) is 3.16. The number of allylic oxidation sites excluding steroid dienone is 1. The number of methoxy groups -OCH3 is 2. The number of hydrogen-bond donors (Lipinski definition) is 0. The number of rotatable bonds is 7. The van der Waals surface area contributed by atoms with Gasteiger partial charge < -0.3 is 14.2 Å². The first-order valence-corrected chi connectivity index (χ1v) is 9.63. The van der Waals surface area contributed by atoms with Gasteiger partial charge in [-0.05, 0) is 24.5 Å². The van der Waals surface area contributed by atoms with Gasteiger partial charge in [-0.15, -0.1) is 0 Å². The highest BCUT2D eigenvalue weighted by atomic mass is 16.7. The van der Waals surface area contributed by atoms with Crippen LogP contribution in [0.5, 0.6) is 0 Å². The van der Waals surface area contributed by atoms with Crippen molar-refractivity contribution in [2.75, 3.05) is 14.2 Å². The molecule has 0 aromatic heterocycles. The van der Waals surface area contributed by atoms with Gasteiger partial charge in [0.15, 0.2) is 11.5 Å². The molecular weight excluding hydrogens is 352 g/mol. The normalized spacial score (nSPS) is 25.9. The maximum absolute atomic E-state index is 12.9. The second-order valence-electron chi connectivity index (χ2n) is 7.24. The highest BCUT2D eigenvalue weighted by Gasteiger charge is 2.52. The topological polar surface area (TPSA) is 44.8 Å². The molecule has 0 spiro atoms. The van der Waals surface area contributed by atoms with Crippen LogP contribution >= 0.6 is 0 Å². The minimum atomic E-state index is -1.13. The summed E-state index contributed by atoms with van der Waals surface area (Å²) in [5, 5.41) is 0. The fourth-order valence-corrected chi connectivity index (χ4v) is 3.97. The van der Waals surface area contributed by atoms with Crippen molar-refractivity contribution in [2.45, 2.75) is 32.2 Å². The molecule has 0 saturated heterocycles. The molecule has 1 aliphatic rings. The zero-order valence-electron chi connectivity index (χ0n) is 16.9. The van der Waals surface area contributed by atoms with E-state index in [4.69, 9.17) is 14.2 Å². The van der Waals surface area contributed by atoms with E-state index in [1.807, 2.05) is 74.5 Å². The number of benzene rings is 2. The van der Waals surface area contributed by atoms with E-state index in [-0.39, 0.29) is 23.7 Å². The Hall–Kier alpha value is -2.43. The molecule has 2 aromatic carbocycles. The molecule has 3 rings (SSSR count). The van der Waals surface area contributed by atoms with Crippen LogP contribution < -0.4 is 0 Å². The van der Waals surface area contributed by atoms with Gasteiger partial charge in [-0.1, -0.05) is 67.6 Å². The molecule has 0 saturated carbocycles. The summed E-state index contributed by atoms with van der Waals surface area (Å²) >= 11 is 0. The smallest absolute Gasteiger partial charge is 0.231 e. The van der Waals surface area contributed by atoms with Gasteiger partial charge in [0.25, 0.3) is 0 Å². The Kier molecular flexibility index (Phi) is 6.32. The zero-order chi connectivity index (χ0) is 20.1. The Bertz CT molecular complexity index is 815. The van der Waals surface area contributed by atoms with Crippen LogP contribution in [-0.2, 0) is 25.4 Å². The molecule has 0 fully saturated rings. The molecule has 0 N–H and O–H groups in total. The molecule has 0 radical (unpaired) electrons. The molecule has 0 heterocycles. The summed E-state index contributed by atoms with van der Waals surface area (Å²) in [4.78, 5) is 12.9. The van der Waals surface area contributed by atoms with Gasteiger partial charge in [-0.2, -0.15) is 0 Å². The first-order chi connectivity index (χ1) is 13.5. The fourth-order valence-electron chi connectivity index (χ4n) is 3.97. The number of ether oxygens (including phenoxy) is 3. The van der Waals surface area contributed by atoms with E-state index in [0.29, 0.717) is 12.2 Å². The molecule has 0 aliphatic heterocycles. The second-order valence-corrected chi connectivity index (χ2v) is 7.24.